The Labute approximate surface area is 183 Å². The highest BCUT2D eigenvalue weighted by molar-refractivity contribution is 6.42. The van der Waals surface area contributed by atoms with Gasteiger partial charge in [-0.3, -0.25) is 15.5 Å². The van der Waals surface area contributed by atoms with Crippen LogP contribution in [0.2, 0.25) is 10.0 Å². The Morgan fingerprint density at radius 3 is 2.47 bits per heavy atom. The summed E-state index contributed by atoms with van der Waals surface area (Å²) < 4.78 is 5.98. The summed E-state index contributed by atoms with van der Waals surface area (Å²) >= 11 is 12.0. The summed E-state index contributed by atoms with van der Waals surface area (Å²) in [5, 5.41) is 15.8. The van der Waals surface area contributed by atoms with Gasteiger partial charge in [-0.05, 0) is 66.4 Å². The highest BCUT2D eigenvalue weighted by Crippen LogP contribution is 2.27. The molecule has 30 heavy (non-hydrogen) atoms. The average molecular weight is 445 g/mol. The number of hydrogen-bond donors (Lipinski definition) is 1. The first-order chi connectivity index (χ1) is 14.3. The van der Waals surface area contributed by atoms with E-state index >= 15 is 0 Å². The van der Waals surface area contributed by atoms with Crippen LogP contribution in [0.3, 0.4) is 0 Å². The topological polar surface area (TPSA) is 89.7 Å². The number of nitro groups is 1. The molecule has 154 valence electrons. The lowest BCUT2D eigenvalue weighted by atomic mass is 10.1. The van der Waals surface area contributed by atoms with Gasteiger partial charge in [0.2, 0.25) is 0 Å². The molecule has 0 saturated carbocycles. The number of ether oxygens (including phenoxy) is 1. The lowest BCUT2D eigenvalue weighted by Crippen LogP contribution is -2.01. The third kappa shape index (κ3) is 5.46. The first kappa shape index (κ1) is 21.5. The Bertz CT molecular complexity index is 1080. The van der Waals surface area contributed by atoms with E-state index in [4.69, 9.17) is 27.9 Å². The van der Waals surface area contributed by atoms with Crippen LogP contribution in [0.15, 0.2) is 53.8 Å². The van der Waals surface area contributed by atoms with Crippen LogP contribution in [0.1, 0.15) is 22.3 Å². The molecule has 3 rings (SSSR count). The predicted molar refractivity (Wildman–Crippen MR) is 119 cm³/mol. The fourth-order valence-electron chi connectivity index (χ4n) is 2.80. The van der Waals surface area contributed by atoms with Crippen LogP contribution in [-0.2, 0) is 6.61 Å². The summed E-state index contributed by atoms with van der Waals surface area (Å²) in [5.74, 6) is 1.20. The van der Waals surface area contributed by atoms with Crippen molar-refractivity contribution in [2.24, 2.45) is 5.10 Å². The van der Waals surface area contributed by atoms with E-state index in [1.807, 2.05) is 32.0 Å². The third-order valence-corrected chi connectivity index (χ3v) is 4.94. The first-order valence-electron chi connectivity index (χ1n) is 8.91. The molecule has 0 amide bonds. The Morgan fingerprint density at radius 1 is 1.13 bits per heavy atom. The molecule has 0 aliphatic rings. The smallest absolute Gasteiger partial charge is 0.287 e. The predicted octanol–water partition coefficient (Wildman–Crippen LogP) is 5.94. The Balaban J connectivity index is 1.65. The minimum atomic E-state index is -0.503. The molecular formula is C21H18Cl2N4O3. The van der Waals surface area contributed by atoms with Gasteiger partial charge < -0.3 is 4.74 Å². The molecule has 0 aliphatic carbocycles. The van der Waals surface area contributed by atoms with E-state index in [0.29, 0.717) is 22.5 Å². The van der Waals surface area contributed by atoms with Crippen LogP contribution >= 0.6 is 23.2 Å². The van der Waals surface area contributed by atoms with Crippen LogP contribution in [0.5, 0.6) is 5.75 Å². The first-order valence-corrected chi connectivity index (χ1v) is 9.66. The Hall–Kier alpha value is -3.16. The zero-order chi connectivity index (χ0) is 21.7. The molecule has 1 aromatic heterocycles. The van der Waals surface area contributed by atoms with Crippen molar-refractivity contribution in [1.82, 2.24) is 4.98 Å². The number of anilines is 1. The fourth-order valence-corrected chi connectivity index (χ4v) is 3.12. The largest absolute Gasteiger partial charge is 0.488 e. The lowest BCUT2D eigenvalue weighted by Gasteiger charge is -2.13. The normalized spacial score (nSPS) is 10.9. The van der Waals surface area contributed by atoms with E-state index in [0.717, 1.165) is 28.0 Å². The number of aryl methyl sites for hydroxylation is 2. The number of aromatic nitrogens is 1. The number of rotatable bonds is 7. The summed E-state index contributed by atoms with van der Waals surface area (Å²) in [4.78, 5) is 14.1. The maximum atomic E-state index is 10.7. The summed E-state index contributed by atoms with van der Waals surface area (Å²) in [5.41, 5.74) is 6.40. The highest BCUT2D eigenvalue weighted by Gasteiger charge is 2.08. The van der Waals surface area contributed by atoms with Gasteiger partial charge in [0.15, 0.2) is 0 Å². The zero-order valence-corrected chi connectivity index (χ0v) is 17.7. The van der Waals surface area contributed by atoms with Crippen molar-refractivity contribution in [2.45, 2.75) is 20.5 Å². The van der Waals surface area contributed by atoms with Gasteiger partial charge in [0.25, 0.3) is 5.69 Å². The van der Waals surface area contributed by atoms with E-state index < -0.39 is 4.92 Å². The van der Waals surface area contributed by atoms with Crippen LogP contribution in [0, 0.1) is 24.0 Å². The molecular weight excluding hydrogens is 427 g/mol. The second-order valence-electron chi connectivity index (χ2n) is 6.55. The summed E-state index contributed by atoms with van der Waals surface area (Å²) in [7, 11) is 0. The molecule has 0 unspecified atom stereocenters. The standard InChI is InChI=1S/C21H18Cl2N4O3/c1-13-7-16(10-25-26-20-6-4-17(11-24-20)27(28)29)8-14(2)21(13)30-12-15-3-5-18(22)19(23)9-15/h3-11H,12H2,1-2H3,(H,24,26)/b25-10+. The molecule has 1 N–H and O–H groups in total. The summed E-state index contributed by atoms with van der Waals surface area (Å²) in [6.45, 7) is 4.29. The SMILES string of the molecule is Cc1cc(/C=N/Nc2ccc([N+](=O)[O-])cn2)cc(C)c1OCc1ccc(Cl)c(Cl)c1. The Kier molecular flexibility index (Phi) is 6.87. The van der Waals surface area contributed by atoms with Crippen molar-refractivity contribution in [3.8, 4) is 5.75 Å². The van der Waals surface area contributed by atoms with Crippen molar-refractivity contribution in [3.05, 3.63) is 91.1 Å². The van der Waals surface area contributed by atoms with E-state index in [1.54, 1.807) is 18.3 Å². The molecule has 0 aliphatic heterocycles. The van der Waals surface area contributed by atoms with Gasteiger partial charge in [0, 0.05) is 6.07 Å². The number of benzene rings is 2. The van der Waals surface area contributed by atoms with Gasteiger partial charge >= 0.3 is 0 Å². The van der Waals surface area contributed by atoms with Crippen molar-refractivity contribution in [1.29, 1.82) is 0 Å². The summed E-state index contributed by atoms with van der Waals surface area (Å²) in [6.07, 6.45) is 2.82. The van der Waals surface area contributed by atoms with Crippen molar-refractivity contribution in [3.63, 3.8) is 0 Å². The van der Waals surface area contributed by atoms with Gasteiger partial charge in [0.1, 0.15) is 24.4 Å². The zero-order valence-electron chi connectivity index (χ0n) is 16.2. The van der Waals surface area contributed by atoms with Crippen molar-refractivity contribution in [2.75, 3.05) is 5.43 Å². The minimum Gasteiger partial charge on any atom is -0.488 e. The molecule has 3 aromatic rings. The Morgan fingerprint density at radius 2 is 1.87 bits per heavy atom. The van der Waals surface area contributed by atoms with Crippen LogP contribution < -0.4 is 10.2 Å². The van der Waals surface area contributed by atoms with Gasteiger partial charge in [0.05, 0.1) is 21.2 Å². The molecule has 0 fully saturated rings. The monoisotopic (exact) mass is 444 g/mol. The number of nitrogens with zero attached hydrogens (tertiary/aromatic N) is 3. The van der Waals surface area contributed by atoms with Crippen LogP contribution in [-0.4, -0.2) is 16.1 Å². The molecule has 1 heterocycles. The maximum absolute atomic E-state index is 10.7. The summed E-state index contributed by atoms with van der Waals surface area (Å²) in [6, 6.07) is 12.2. The maximum Gasteiger partial charge on any atom is 0.287 e. The number of hydrazone groups is 1. The quantitative estimate of drug-likeness (QED) is 0.276. The van der Waals surface area contributed by atoms with Crippen LogP contribution in [0.25, 0.3) is 0 Å². The second-order valence-corrected chi connectivity index (χ2v) is 7.36. The molecule has 7 nitrogen and oxygen atoms in total. The van der Waals surface area contributed by atoms with Crippen LogP contribution in [0.4, 0.5) is 11.5 Å². The van der Waals surface area contributed by atoms with Gasteiger partial charge in [-0.2, -0.15) is 5.10 Å². The number of halogens is 2. The molecule has 9 heteroatoms. The second kappa shape index (κ2) is 9.56. The third-order valence-electron chi connectivity index (χ3n) is 4.20. The number of nitrogens with one attached hydrogen (secondary N) is 1. The fraction of sp³-hybridized carbons (Fsp3) is 0.143. The molecule has 2 aromatic carbocycles. The molecule has 0 saturated heterocycles. The number of pyridine rings is 1. The highest BCUT2D eigenvalue weighted by atomic mass is 35.5. The number of hydrogen-bond acceptors (Lipinski definition) is 6. The van der Waals surface area contributed by atoms with E-state index in [9.17, 15) is 10.1 Å². The molecule has 0 atom stereocenters. The lowest BCUT2D eigenvalue weighted by molar-refractivity contribution is -0.385. The van der Waals surface area contributed by atoms with Crippen molar-refractivity contribution < 1.29 is 9.66 Å². The molecule has 0 radical (unpaired) electrons. The average Bonchev–Trinajstić information content (AvgIpc) is 2.70. The minimum absolute atomic E-state index is 0.0766. The van der Waals surface area contributed by atoms with Gasteiger partial charge in [-0.1, -0.05) is 29.3 Å². The van der Waals surface area contributed by atoms with E-state index in [1.165, 1.54) is 18.3 Å². The molecule has 0 bridgehead atoms. The molecule has 0 spiro atoms. The van der Waals surface area contributed by atoms with Gasteiger partial charge in [-0.25, -0.2) is 4.98 Å². The van der Waals surface area contributed by atoms with E-state index in [2.05, 4.69) is 15.5 Å². The van der Waals surface area contributed by atoms with E-state index in [-0.39, 0.29) is 5.69 Å². The van der Waals surface area contributed by atoms with Crippen molar-refractivity contribution >= 4 is 40.9 Å². The van der Waals surface area contributed by atoms with Gasteiger partial charge in [-0.15, -0.1) is 0 Å².